The van der Waals surface area contributed by atoms with Gasteiger partial charge in [0.25, 0.3) is 0 Å². The molecule has 2 unspecified atom stereocenters. The average Bonchev–Trinajstić information content (AvgIpc) is 3.02. The number of carbonyl (C=O) groups excluding carboxylic acids is 1. The van der Waals surface area contributed by atoms with Crippen LogP contribution < -0.4 is 10.2 Å². The van der Waals surface area contributed by atoms with E-state index in [1.54, 1.807) is 0 Å². The highest BCUT2D eigenvalue weighted by Crippen LogP contribution is 2.35. The highest BCUT2D eigenvalue weighted by molar-refractivity contribution is 9.10. The van der Waals surface area contributed by atoms with Crippen LogP contribution in [0.1, 0.15) is 37.7 Å². The summed E-state index contributed by atoms with van der Waals surface area (Å²) in [5.74, 6) is 0.894. The number of nitrogens with one attached hydrogen (secondary N) is 1. The molecule has 112 valence electrons. The van der Waals surface area contributed by atoms with Crippen LogP contribution in [-0.4, -0.2) is 24.5 Å². The van der Waals surface area contributed by atoms with Crippen molar-refractivity contribution in [2.45, 2.75) is 50.6 Å². The lowest BCUT2D eigenvalue weighted by atomic mass is 9.89. The van der Waals surface area contributed by atoms with Gasteiger partial charge in [-0.25, -0.2) is 0 Å². The number of carbonyl (C=O) groups is 1. The minimum absolute atomic E-state index is 0.318. The van der Waals surface area contributed by atoms with Gasteiger partial charge in [0.2, 0.25) is 5.91 Å². The first-order chi connectivity index (χ1) is 10.2. The van der Waals surface area contributed by atoms with E-state index in [0.29, 0.717) is 23.9 Å². The number of hydrogen-bond donors (Lipinski definition) is 1. The monoisotopic (exact) mass is 348 g/mol. The maximum atomic E-state index is 12.7. The number of rotatable bonds is 2. The van der Waals surface area contributed by atoms with Crippen molar-refractivity contribution < 1.29 is 4.79 Å². The third-order valence-electron chi connectivity index (χ3n) is 5.28. The van der Waals surface area contributed by atoms with Crippen LogP contribution in [0, 0.1) is 5.92 Å². The topological polar surface area (TPSA) is 32.3 Å². The second-order valence-electron chi connectivity index (χ2n) is 6.75. The fourth-order valence-corrected chi connectivity index (χ4v) is 4.66. The maximum Gasteiger partial charge on any atom is 0.227 e. The summed E-state index contributed by atoms with van der Waals surface area (Å²) in [5, 5.41) is 3.66. The van der Waals surface area contributed by atoms with Crippen molar-refractivity contribution in [2.75, 3.05) is 11.4 Å². The Morgan fingerprint density at radius 1 is 1.29 bits per heavy atom. The van der Waals surface area contributed by atoms with Crippen molar-refractivity contribution in [3.8, 4) is 0 Å². The Morgan fingerprint density at radius 2 is 2.05 bits per heavy atom. The van der Waals surface area contributed by atoms with Gasteiger partial charge in [-0.2, -0.15) is 0 Å². The second kappa shape index (κ2) is 5.40. The number of piperidine rings is 1. The second-order valence-corrected chi connectivity index (χ2v) is 7.66. The summed E-state index contributed by atoms with van der Waals surface area (Å²) in [4.78, 5) is 14.7. The van der Waals surface area contributed by atoms with Crippen molar-refractivity contribution in [3.63, 3.8) is 0 Å². The lowest BCUT2D eigenvalue weighted by Gasteiger charge is -2.30. The van der Waals surface area contributed by atoms with Gasteiger partial charge in [0.1, 0.15) is 0 Å². The molecule has 3 aliphatic rings. The predicted octanol–water partition coefficient (Wildman–Crippen LogP) is 3.26. The molecule has 4 heteroatoms. The van der Waals surface area contributed by atoms with Crippen LogP contribution in [-0.2, 0) is 11.2 Å². The van der Waals surface area contributed by atoms with Crippen LogP contribution in [0.3, 0.4) is 0 Å². The molecule has 0 radical (unpaired) electrons. The lowest BCUT2D eigenvalue weighted by Crippen LogP contribution is -2.40. The quantitative estimate of drug-likeness (QED) is 0.889. The standard InChI is InChI=1S/C17H21BrN2O/c18-13-2-1-12-5-6-20(16(12)10-13)17(21)9-11-7-14-3-4-15(8-11)19-14/h1-2,10-11,14-15,19H,3-9H2. The van der Waals surface area contributed by atoms with Crippen LogP contribution in [0.15, 0.2) is 22.7 Å². The Hall–Kier alpha value is -0.870. The molecule has 21 heavy (non-hydrogen) atoms. The van der Waals surface area contributed by atoms with E-state index in [-0.39, 0.29) is 0 Å². The molecule has 2 saturated heterocycles. The number of fused-ring (bicyclic) bond motifs is 3. The van der Waals surface area contributed by atoms with Crippen LogP contribution in [0.2, 0.25) is 0 Å². The molecule has 0 spiro atoms. The molecule has 3 nitrogen and oxygen atoms in total. The van der Waals surface area contributed by atoms with Gasteiger partial charge in [-0.3, -0.25) is 4.79 Å². The molecule has 4 rings (SSSR count). The molecular weight excluding hydrogens is 328 g/mol. The zero-order chi connectivity index (χ0) is 14.4. The molecule has 1 aromatic rings. The Kier molecular flexibility index (Phi) is 3.54. The summed E-state index contributed by atoms with van der Waals surface area (Å²) in [6.45, 7) is 0.850. The molecule has 1 aromatic carbocycles. The first-order valence-electron chi connectivity index (χ1n) is 8.04. The van der Waals surface area contributed by atoms with Gasteiger partial charge in [0, 0.05) is 35.2 Å². The zero-order valence-electron chi connectivity index (χ0n) is 12.1. The number of hydrogen-bond acceptors (Lipinski definition) is 2. The fourth-order valence-electron chi connectivity index (χ4n) is 4.31. The van der Waals surface area contributed by atoms with E-state index in [9.17, 15) is 4.79 Å². The summed E-state index contributed by atoms with van der Waals surface area (Å²) in [6.07, 6.45) is 6.68. The summed E-state index contributed by atoms with van der Waals surface area (Å²) >= 11 is 3.52. The van der Waals surface area contributed by atoms with Crippen LogP contribution in [0.25, 0.3) is 0 Å². The van der Waals surface area contributed by atoms with Crippen molar-refractivity contribution in [3.05, 3.63) is 28.2 Å². The van der Waals surface area contributed by atoms with Gasteiger partial charge in [0.05, 0.1) is 0 Å². The highest BCUT2D eigenvalue weighted by atomic mass is 79.9. The molecule has 1 amide bonds. The lowest BCUT2D eigenvalue weighted by molar-refractivity contribution is -0.119. The third kappa shape index (κ3) is 2.64. The third-order valence-corrected chi connectivity index (χ3v) is 5.77. The van der Waals surface area contributed by atoms with E-state index in [0.717, 1.165) is 29.5 Å². The van der Waals surface area contributed by atoms with Gasteiger partial charge in [-0.15, -0.1) is 0 Å². The summed E-state index contributed by atoms with van der Waals surface area (Å²) in [5.41, 5.74) is 2.42. The molecule has 2 bridgehead atoms. The normalized spacial score (nSPS) is 30.5. The highest BCUT2D eigenvalue weighted by Gasteiger charge is 2.35. The van der Waals surface area contributed by atoms with E-state index < -0.39 is 0 Å². The first-order valence-corrected chi connectivity index (χ1v) is 8.83. The smallest absolute Gasteiger partial charge is 0.227 e. The van der Waals surface area contributed by atoms with Gasteiger partial charge < -0.3 is 10.2 Å². The maximum absolute atomic E-state index is 12.7. The van der Waals surface area contributed by atoms with Crippen LogP contribution >= 0.6 is 15.9 Å². The molecule has 2 fully saturated rings. The Labute approximate surface area is 134 Å². The fraction of sp³-hybridized carbons (Fsp3) is 0.588. The molecule has 1 N–H and O–H groups in total. The minimum atomic E-state index is 0.318. The van der Waals surface area contributed by atoms with Crippen molar-refractivity contribution in [1.82, 2.24) is 5.32 Å². The Morgan fingerprint density at radius 3 is 2.81 bits per heavy atom. The number of halogens is 1. The van der Waals surface area contributed by atoms with Gasteiger partial charge >= 0.3 is 0 Å². The van der Waals surface area contributed by atoms with E-state index >= 15 is 0 Å². The van der Waals surface area contributed by atoms with Gasteiger partial charge in [0.15, 0.2) is 0 Å². The number of amides is 1. The minimum Gasteiger partial charge on any atom is -0.312 e. The Balaban J connectivity index is 1.46. The molecule has 0 aromatic heterocycles. The van der Waals surface area contributed by atoms with Gasteiger partial charge in [-0.05, 0) is 55.7 Å². The molecule has 3 heterocycles. The van der Waals surface area contributed by atoms with E-state index in [1.165, 1.54) is 31.2 Å². The molecule has 3 aliphatic heterocycles. The number of anilines is 1. The Bertz CT molecular complexity index is 562. The van der Waals surface area contributed by atoms with Crippen LogP contribution in [0.4, 0.5) is 5.69 Å². The molecule has 0 saturated carbocycles. The molecule has 0 aliphatic carbocycles. The summed E-state index contributed by atoms with van der Waals surface area (Å²) in [7, 11) is 0. The average molecular weight is 349 g/mol. The number of nitrogens with zero attached hydrogens (tertiary/aromatic N) is 1. The molecule has 2 atom stereocenters. The SMILES string of the molecule is O=C(CC1CC2CCC(C1)N2)N1CCc2ccc(Br)cc21. The van der Waals surface area contributed by atoms with Crippen molar-refractivity contribution >= 4 is 27.5 Å². The summed E-state index contributed by atoms with van der Waals surface area (Å²) in [6, 6.07) is 7.63. The number of benzene rings is 1. The van der Waals surface area contributed by atoms with E-state index in [2.05, 4.69) is 39.4 Å². The first kappa shape index (κ1) is 13.8. The van der Waals surface area contributed by atoms with E-state index in [4.69, 9.17) is 0 Å². The van der Waals surface area contributed by atoms with Crippen LogP contribution in [0.5, 0.6) is 0 Å². The van der Waals surface area contributed by atoms with E-state index in [1.807, 2.05) is 4.90 Å². The van der Waals surface area contributed by atoms with Crippen molar-refractivity contribution in [2.24, 2.45) is 5.92 Å². The molecular formula is C17H21BrN2O. The predicted molar refractivity (Wildman–Crippen MR) is 87.5 cm³/mol. The van der Waals surface area contributed by atoms with Crippen molar-refractivity contribution in [1.29, 1.82) is 0 Å². The largest absolute Gasteiger partial charge is 0.312 e. The zero-order valence-corrected chi connectivity index (χ0v) is 13.7. The van der Waals surface area contributed by atoms with Gasteiger partial charge in [-0.1, -0.05) is 22.0 Å². The summed E-state index contributed by atoms with van der Waals surface area (Å²) < 4.78 is 1.06.